The van der Waals surface area contributed by atoms with Crippen LogP contribution in [0.5, 0.6) is 5.75 Å². The second-order valence-electron chi connectivity index (χ2n) is 6.85. The first-order valence-electron chi connectivity index (χ1n) is 10.2. The van der Waals surface area contributed by atoms with Crippen LogP contribution in [0.2, 0.25) is 0 Å². The smallest absolute Gasteiger partial charge is 0.263 e. The Morgan fingerprint density at radius 1 is 1.13 bits per heavy atom. The highest BCUT2D eigenvalue weighted by molar-refractivity contribution is 7.89. The molecule has 164 valence electrons. The summed E-state index contributed by atoms with van der Waals surface area (Å²) in [4.78, 5) is 14.5. The number of anilines is 1. The number of rotatable bonds is 8. The van der Waals surface area contributed by atoms with E-state index in [0.29, 0.717) is 45.9 Å². The number of aryl methyl sites for hydroxylation is 1. The monoisotopic (exact) mass is 435 g/mol. The van der Waals surface area contributed by atoms with Crippen molar-refractivity contribution < 1.29 is 17.9 Å². The maximum atomic E-state index is 13.3. The van der Waals surface area contributed by atoms with Crippen molar-refractivity contribution in [2.75, 3.05) is 44.2 Å². The molecule has 1 aliphatic heterocycles. The van der Waals surface area contributed by atoms with Gasteiger partial charge in [0.1, 0.15) is 5.75 Å². The molecule has 1 N–H and O–H groups in total. The Hall–Kier alpha value is -2.59. The molecule has 0 bridgehead atoms. The SMILES string of the molecule is CCNC(=O)c1cn(CC)nc1S(=O)(=O)N1CCN(c2ccccc2OCC)CC1. The molecule has 1 saturated heterocycles. The Bertz CT molecular complexity index is 981. The highest BCUT2D eigenvalue weighted by Crippen LogP contribution is 2.30. The number of aromatic nitrogens is 2. The van der Waals surface area contributed by atoms with Crippen LogP contribution >= 0.6 is 0 Å². The quantitative estimate of drug-likeness (QED) is 0.676. The highest BCUT2D eigenvalue weighted by atomic mass is 32.2. The van der Waals surface area contributed by atoms with Gasteiger partial charge in [0.25, 0.3) is 15.9 Å². The second kappa shape index (κ2) is 9.48. The van der Waals surface area contributed by atoms with Crippen LogP contribution in [-0.2, 0) is 16.6 Å². The molecule has 2 heterocycles. The minimum absolute atomic E-state index is 0.0859. The van der Waals surface area contributed by atoms with Gasteiger partial charge in [-0.25, -0.2) is 8.42 Å². The molecular formula is C20H29N5O4S. The van der Waals surface area contributed by atoms with Gasteiger partial charge >= 0.3 is 0 Å². The summed E-state index contributed by atoms with van der Waals surface area (Å²) in [7, 11) is -3.89. The average molecular weight is 436 g/mol. The number of carbonyl (C=O) groups excluding carboxylic acids is 1. The van der Waals surface area contributed by atoms with Crippen molar-refractivity contribution in [1.82, 2.24) is 19.4 Å². The number of carbonyl (C=O) groups is 1. The summed E-state index contributed by atoms with van der Waals surface area (Å²) < 4.78 is 35.2. The fourth-order valence-electron chi connectivity index (χ4n) is 3.46. The van der Waals surface area contributed by atoms with Gasteiger partial charge in [0, 0.05) is 45.5 Å². The van der Waals surface area contributed by atoms with Crippen LogP contribution in [-0.4, -0.2) is 67.7 Å². The zero-order valence-electron chi connectivity index (χ0n) is 17.7. The summed E-state index contributed by atoms with van der Waals surface area (Å²) in [5.74, 6) is 0.358. The van der Waals surface area contributed by atoms with Crippen LogP contribution in [0, 0.1) is 0 Å². The largest absolute Gasteiger partial charge is 0.492 e. The Kier molecular flexibility index (Phi) is 6.99. The summed E-state index contributed by atoms with van der Waals surface area (Å²) in [5, 5.41) is 6.67. The fraction of sp³-hybridized carbons (Fsp3) is 0.500. The van der Waals surface area contributed by atoms with Gasteiger partial charge in [0.05, 0.1) is 17.9 Å². The number of nitrogens with zero attached hydrogens (tertiary/aromatic N) is 4. The van der Waals surface area contributed by atoms with E-state index in [4.69, 9.17) is 4.74 Å². The summed E-state index contributed by atoms with van der Waals surface area (Å²) in [6, 6.07) is 7.75. The molecule has 0 radical (unpaired) electrons. The van der Waals surface area contributed by atoms with Crippen molar-refractivity contribution in [1.29, 1.82) is 0 Å². The Labute approximate surface area is 177 Å². The van der Waals surface area contributed by atoms with Crippen molar-refractivity contribution in [2.45, 2.75) is 32.3 Å². The van der Waals surface area contributed by atoms with E-state index in [9.17, 15) is 13.2 Å². The van der Waals surface area contributed by atoms with Crippen LogP contribution in [0.1, 0.15) is 31.1 Å². The number of hydrogen-bond donors (Lipinski definition) is 1. The Balaban J connectivity index is 1.80. The van der Waals surface area contributed by atoms with Gasteiger partial charge in [-0.05, 0) is 32.9 Å². The van der Waals surface area contributed by atoms with Gasteiger partial charge in [-0.3, -0.25) is 9.48 Å². The number of ether oxygens (including phenoxy) is 1. The number of para-hydroxylation sites is 2. The van der Waals surface area contributed by atoms with E-state index in [1.807, 2.05) is 38.1 Å². The van der Waals surface area contributed by atoms with E-state index in [1.54, 1.807) is 6.92 Å². The first-order chi connectivity index (χ1) is 14.4. The predicted octanol–water partition coefficient (Wildman–Crippen LogP) is 1.56. The molecule has 0 unspecified atom stereocenters. The molecule has 0 saturated carbocycles. The summed E-state index contributed by atoms with van der Waals surface area (Å²) in [5.41, 5.74) is 1.04. The first kappa shape index (κ1) is 22.1. The van der Waals surface area contributed by atoms with Crippen molar-refractivity contribution in [3.05, 3.63) is 36.0 Å². The van der Waals surface area contributed by atoms with E-state index in [2.05, 4.69) is 15.3 Å². The van der Waals surface area contributed by atoms with Gasteiger partial charge < -0.3 is 15.0 Å². The van der Waals surface area contributed by atoms with Crippen molar-refractivity contribution >= 4 is 21.6 Å². The molecule has 2 aromatic rings. The molecule has 3 rings (SSSR count). The maximum Gasteiger partial charge on any atom is 0.263 e. The lowest BCUT2D eigenvalue weighted by atomic mass is 10.2. The van der Waals surface area contributed by atoms with Gasteiger partial charge in [-0.15, -0.1) is 0 Å². The molecular weight excluding hydrogens is 406 g/mol. The molecule has 9 nitrogen and oxygen atoms in total. The fourth-order valence-corrected chi connectivity index (χ4v) is 4.98. The predicted molar refractivity (Wildman–Crippen MR) is 114 cm³/mol. The highest BCUT2D eigenvalue weighted by Gasteiger charge is 2.35. The number of amides is 1. The molecule has 1 aromatic carbocycles. The molecule has 30 heavy (non-hydrogen) atoms. The van der Waals surface area contributed by atoms with Crippen LogP contribution in [0.15, 0.2) is 35.5 Å². The standard InChI is InChI=1S/C20H29N5O4S/c1-4-21-19(26)16-15-24(5-2)22-20(16)30(27,28)25-13-11-23(12-14-25)17-9-7-8-10-18(17)29-6-3/h7-10,15H,4-6,11-14H2,1-3H3,(H,21,26). The maximum absolute atomic E-state index is 13.3. The lowest BCUT2D eigenvalue weighted by molar-refractivity contribution is 0.0952. The summed E-state index contributed by atoms with van der Waals surface area (Å²) >= 11 is 0. The van der Waals surface area contributed by atoms with Gasteiger partial charge in [-0.2, -0.15) is 9.40 Å². The molecule has 0 spiro atoms. The third-order valence-electron chi connectivity index (χ3n) is 4.96. The summed E-state index contributed by atoms with van der Waals surface area (Å²) in [6.07, 6.45) is 1.49. The number of benzene rings is 1. The topological polar surface area (TPSA) is 96.8 Å². The number of hydrogen-bond acceptors (Lipinski definition) is 6. The van der Waals surface area contributed by atoms with Crippen molar-refractivity contribution in [2.24, 2.45) is 0 Å². The zero-order chi connectivity index (χ0) is 21.7. The zero-order valence-corrected chi connectivity index (χ0v) is 18.5. The minimum atomic E-state index is -3.89. The van der Waals surface area contributed by atoms with Crippen molar-refractivity contribution in [3.8, 4) is 5.75 Å². The third-order valence-corrected chi connectivity index (χ3v) is 6.80. The number of sulfonamides is 1. The molecule has 1 aliphatic rings. The van der Waals surface area contributed by atoms with Gasteiger partial charge in [-0.1, -0.05) is 12.1 Å². The average Bonchev–Trinajstić information content (AvgIpc) is 3.20. The molecule has 1 aromatic heterocycles. The van der Waals surface area contributed by atoms with Crippen LogP contribution in [0.25, 0.3) is 0 Å². The minimum Gasteiger partial charge on any atom is -0.492 e. The van der Waals surface area contributed by atoms with Crippen molar-refractivity contribution in [3.63, 3.8) is 0 Å². The Morgan fingerprint density at radius 3 is 2.47 bits per heavy atom. The lowest BCUT2D eigenvalue weighted by Crippen LogP contribution is -2.49. The van der Waals surface area contributed by atoms with Gasteiger partial charge in [0.2, 0.25) is 5.03 Å². The normalized spacial score (nSPS) is 15.2. The van der Waals surface area contributed by atoms with E-state index in [-0.39, 0.29) is 10.6 Å². The number of piperazine rings is 1. The van der Waals surface area contributed by atoms with E-state index in [1.165, 1.54) is 15.2 Å². The van der Waals surface area contributed by atoms with Crippen LogP contribution in [0.3, 0.4) is 0 Å². The van der Waals surface area contributed by atoms with E-state index < -0.39 is 15.9 Å². The molecule has 1 fully saturated rings. The van der Waals surface area contributed by atoms with Crippen LogP contribution < -0.4 is 15.0 Å². The van der Waals surface area contributed by atoms with Crippen LogP contribution in [0.4, 0.5) is 5.69 Å². The molecule has 1 amide bonds. The molecule has 0 aliphatic carbocycles. The molecule has 10 heteroatoms. The summed E-state index contributed by atoms with van der Waals surface area (Å²) in [6.45, 7) is 8.67. The first-order valence-corrected chi connectivity index (χ1v) is 11.7. The van der Waals surface area contributed by atoms with E-state index >= 15 is 0 Å². The number of nitrogens with one attached hydrogen (secondary N) is 1. The molecule has 0 atom stereocenters. The van der Waals surface area contributed by atoms with E-state index in [0.717, 1.165) is 11.4 Å². The second-order valence-corrected chi connectivity index (χ2v) is 8.71. The van der Waals surface area contributed by atoms with Gasteiger partial charge in [0.15, 0.2) is 0 Å². The lowest BCUT2D eigenvalue weighted by Gasteiger charge is -2.35. The Morgan fingerprint density at radius 2 is 1.83 bits per heavy atom. The third kappa shape index (κ3) is 4.44.